The number of alkyl halides is 12. The van der Waals surface area contributed by atoms with Crippen LogP contribution < -0.4 is 0 Å². The van der Waals surface area contributed by atoms with Gasteiger partial charge in [-0.15, -0.1) is 0 Å². The molecule has 0 amide bonds. The second-order valence-corrected chi connectivity index (χ2v) is 6.73. The van der Waals surface area contributed by atoms with Crippen molar-refractivity contribution in [3.63, 3.8) is 0 Å². The Bertz CT molecular complexity index is 588. The van der Waals surface area contributed by atoms with Crippen LogP contribution in [-0.2, 0) is 9.09 Å². The minimum Gasteiger partial charge on any atom is -0.303 e. The minimum absolute atomic E-state index is 0.135. The van der Waals surface area contributed by atoms with Crippen molar-refractivity contribution in [3.05, 3.63) is 0 Å². The fourth-order valence-electron chi connectivity index (χ4n) is 1.71. The van der Waals surface area contributed by atoms with Gasteiger partial charge in [0.05, 0.1) is 6.61 Å². The van der Waals surface area contributed by atoms with Crippen molar-refractivity contribution < 1.29 is 71.6 Å². The summed E-state index contributed by atoms with van der Waals surface area (Å²) in [6.07, 6.45) is -6.20. The molecule has 0 unspecified atom stereocenters. The Labute approximate surface area is 149 Å². The van der Waals surface area contributed by atoms with E-state index in [0.29, 0.717) is 0 Å². The standard InChI is InChI=1S/C11H13F12O4P/c1-2-6(12,13)8(16,17)10(20,21)11(22,23)9(18,19)7(14,15)4-3-5-27-28(24,25)26/h2-5H2,1H3,(H2,24,25,26). The molecule has 0 saturated heterocycles. The monoisotopic (exact) mass is 468 g/mol. The Hall–Kier alpha value is -0.730. The van der Waals surface area contributed by atoms with Gasteiger partial charge in [0.2, 0.25) is 0 Å². The quantitative estimate of drug-likeness (QED) is 0.252. The summed E-state index contributed by atoms with van der Waals surface area (Å²) in [7, 11) is -5.27. The average Bonchev–Trinajstić information content (AvgIpc) is 2.49. The normalized spacial score (nSPS) is 15.8. The highest BCUT2D eigenvalue weighted by atomic mass is 31.2. The maximum atomic E-state index is 13.4. The molecule has 28 heavy (non-hydrogen) atoms. The molecule has 0 aliphatic heterocycles. The fourth-order valence-corrected chi connectivity index (χ4v) is 2.08. The lowest BCUT2D eigenvalue weighted by molar-refractivity contribution is -0.425. The smallest absolute Gasteiger partial charge is 0.303 e. The summed E-state index contributed by atoms with van der Waals surface area (Å²) in [4.78, 5) is 16.4. The topological polar surface area (TPSA) is 66.8 Å². The number of phosphoric acid groups is 1. The van der Waals surface area contributed by atoms with E-state index in [0.717, 1.165) is 0 Å². The van der Waals surface area contributed by atoms with Crippen molar-refractivity contribution in [3.8, 4) is 0 Å². The molecular formula is C11H13F12O4P. The summed E-state index contributed by atoms with van der Waals surface area (Å²) < 4.78 is 173. The van der Waals surface area contributed by atoms with E-state index in [-0.39, 0.29) is 6.92 Å². The lowest BCUT2D eigenvalue weighted by Gasteiger charge is -2.41. The molecule has 0 saturated carbocycles. The molecule has 0 aromatic rings. The zero-order valence-corrected chi connectivity index (χ0v) is 14.4. The van der Waals surface area contributed by atoms with Crippen molar-refractivity contribution in [1.29, 1.82) is 0 Å². The number of hydrogen-bond donors (Lipinski definition) is 2. The summed E-state index contributed by atoms with van der Waals surface area (Å²) in [6.45, 7) is -1.29. The molecule has 0 atom stereocenters. The van der Waals surface area contributed by atoms with Crippen molar-refractivity contribution >= 4 is 7.82 Å². The number of hydrogen-bond acceptors (Lipinski definition) is 2. The largest absolute Gasteiger partial charge is 0.469 e. The van der Waals surface area contributed by atoms with E-state index >= 15 is 0 Å². The number of halogens is 12. The van der Waals surface area contributed by atoms with Crippen molar-refractivity contribution in [2.45, 2.75) is 61.7 Å². The molecule has 0 fully saturated rings. The molecule has 0 aliphatic rings. The van der Waals surface area contributed by atoms with Gasteiger partial charge in [0, 0.05) is 12.8 Å². The van der Waals surface area contributed by atoms with Gasteiger partial charge in [-0.1, -0.05) is 6.92 Å². The van der Waals surface area contributed by atoms with Gasteiger partial charge < -0.3 is 9.79 Å². The van der Waals surface area contributed by atoms with Crippen LogP contribution in [0, 0.1) is 0 Å². The van der Waals surface area contributed by atoms with Crippen molar-refractivity contribution in [2.24, 2.45) is 0 Å². The van der Waals surface area contributed by atoms with Gasteiger partial charge in [0.1, 0.15) is 0 Å². The fraction of sp³-hybridized carbons (Fsp3) is 1.00. The SMILES string of the molecule is CCC(F)(F)C(F)(F)C(F)(F)C(F)(F)C(F)(F)C(F)(F)CCCOP(=O)(O)O. The van der Waals surface area contributed by atoms with E-state index in [4.69, 9.17) is 9.79 Å². The molecule has 17 heteroatoms. The molecular weight excluding hydrogens is 455 g/mol. The second kappa shape index (κ2) is 7.84. The maximum Gasteiger partial charge on any atom is 0.469 e. The van der Waals surface area contributed by atoms with Crippen LogP contribution in [0.4, 0.5) is 52.7 Å². The van der Waals surface area contributed by atoms with Crippen molar-refractivity contribution in [2.75, 3.05) is 6.61 Å². The lowest BCUT2D eigenvalue weighted by atomic mass is 9.89. The molecule has 0 rings (SSSR count). The van der Waals surface area contributed by atoms with Gasteiger partial charge in [-0.25, -0.2) is 4.57 Å². The van der Waals surface area contributed by atoms with Crippen LogP contribution >= 0.6 is 7.82 Å². The van der Waals surface area contributed by atoms with E-state index in [1.807, 2.05) is 0 Å². The van der Waals surface area contributed by atoms with E-state index in [2.05, 4.69) is 4.52 Å². The number of rotatable bonds is 11. The summed E-state index contributed by atoms with van der Waals surface area (Å²) in [5.41, 5.74) is 0. The third-order valence-electron chi connectivity index (χ3n) is 3.44. The second-order valence-electron chi connectivity index (χ2n) is 5.49. The van der Waals surface area contributed by atoms with Crippen LogP contribution in [-0.4, -0.2) is 51.9 Å². The summed E-state index contributed by atoms with van der Waals surface area (Å²) in [5, 5.41) is 0. The van der Waals surface area contributed by atoms with Crippen LogP contribution in [0.3, 0.4) is 0 Å². The summed E-state index contributed by atoms with van der Waals surface area (Å²) in [5.74, 6) is -41.7. The first-order valence-corrected chi connectivity index (χ1v) is 8.52. The molecule has 0 aromatic heterocycles. The third kappa shape index (κ3) is 4.70. The van der Waals surface area contributed by atoms with Crippen LogP contribution in [0.2, 0.25) is 0 Å². The molecule has 4 nitrogen and oxygen atoms in total. The van der Waals surface area contributed by atoms with E-state index in [1.165, 1.54) is 0 Å². The van der Waals surface area contributed by atoms with E-state index < -0.39 is 69.2 Å². The summed E-state index contributed by atoms with van der Waals surface area (Å²) >= 11 is 0. The molecule has 0 spiro atoms. The van der Waals surface area contributed by atoms with E-state index in [9.17, 15) is 57.3 Å². The highest BCUT2D eigenvalue weighted by Crippen LogP contribution is 2.61. The molecule has 0 bridgehead atoms. The Balaban J connectivity index is 5.79. The zero-order chi connectivity index (χ0) is 23.0. The van der Waals surface area contributed by atoms with Gasteiger partial charge in [-0.3, -0.25) is 4.52 Å². The third-order valence-corrected chi connectivity index (χ3v) is 3.96. The maximum absolute atomic E-state index is 13.4. The van der Waals surface area contributed by atoms with Gasteiger partial charge in [0.15, 0.2) is 0 Å². The highest BCUT2D eigenvalue weighted by molar-refractivity contribution is 7.46. The minimum atomic E-state index is -7.64. The number of phosphoric ester groups is 1. The summed E-state index contributed by atoms with van der Waals surface area (Å²) in [6, 6.07) is 0. The van der Waals surface area contributed by atoms with Crippen LogP contribution in [0.15, 0.2) is 0 Å². The molecule has 170 valence electrons. The molecule has 0 radical (unpaired) electrons. The molecule has 0 aliphatic carbocycles. The first-order chi connectivity index (χ1) is 12.0. The van der Waals surface area contributed by atoms with Crippen molar-refractivity contribution in [1.82, 2.24) is 0 Å². The first-order valence-electron chi connectivity index (χ1n) is 6.99. The van der Waals surface area contributed by atoms with Gasteiger partial charge in [-0.2, -0.15) is 52.7 Å². The van der Waals surface area contributed by atoms with Crippen LogP contribution in [0.5, 0.6) is 0 Å². The first kappa shape index (κ1) is 27.3. The molecule has 0 heterocycles. The Morgan fingerprint density at radius 2 is 1.07 bits per heavy atom. The molecule has 2 N–H and O–H groups in total. The Kier molecular flexibility index (Phi) is 7.63. The molecule has 0 aromatic carbocycles. The van der Waals surface area contributed by atoms with Gasteiger partial charge in [-0.05, 0) is 6.42 Å². The van der Waals surface area contributed by atoms with Gasteiger partial charge >= 0.3 is 43.4 Å². The highest BCUT2D eigenvalue weighted by Gasteiger charge is 2.89. The van der Waals surface area contributed by atoms with Gasteiger partial charge in [0.25, 0.3) is 0 Å². The van der Waals surface area contributed by atoms with E-state index in [1.54, 1.807) is 0 Å². The van der Waals surface area contributed by atoms with Crippen LogP contribution in [0.1, 0.15) is 26.2 Å². The lowest BCUT2D eigenvalue weighted by Crippen LogP contribution is -2.70. The van der Waals surface area contributed by atoms with Crippen LogP contribution in [0.25, 0.3) is 0 Å². The Morgan fingerprint density at radius 1 is 0.714 bits per heavy atom. The average molecular weight is 468 g/mol. The Morgan fingerprint density at radius 3 is 1.39 bits per heavy atom. The zero-order valence-electron chi connectivity index (χ0n) is 13.5. The predicted octanol–water partition coefficient (Wildman–Crippen LogP) is 5.10. The predicted molar refractivity (Wildman–Crippen MR) is 67.2 cm³/mol.